The third kappa shape index (κ3) is 3.30. The van der Waals surface area contributed by atoms with Gasteiger partial charge < -0.3 is 11.1 Å². The molecular formula is C14H22N2O. The molecule has 0 saturated heterocycles. The second-order valence-electron chi connectivity index (χ2n) is 4.72. The fourth-order valence-corrected chi connectivity index (χ4v) is 1.71. The molecule has 0 aromatic heterocycles. The first kappa shape index (κ1) is 13.7. The van der Waals surface area contributed by atoms with E-state index in [2.05, 4.69) is 12.2 Å². The van der Waals surface area contributed by atoms with E-state index in [4.69, 9.17) is 5.73 Å². The maximum atomic E-state index is 11.9. The first-order chi connectivity index (χ1) is 7.97. The highest BCUT2D eigenvalue weighted by atomic mass is 16.2. The second-order valence-corrected chi connectivity index (χ2v) is 4.72. The van der Waals surface area contributed by atoms with Crippen molar-refractivity contribution in [3.63, 3.8) is 0 Å². The number of anilines is 1. The third-order valence-electron chi connectivity index (χ3n) is 3.01. The molecule has 3 heteroatoms. The van der Waals surface area contributed by atoms with E-state index in [0.29, 0.717) is 0 Å². The lowest BCUT2D eigenvalue weighted by molar-refractivity contribution is -0.118. The van der Waals surface area contributed by atoms with Gasteiger partial charge in [-0.25, -0.2) is 0 Å². The van der Waals surface area contributed by atoms with Crippen molar-refractivity contribution >= 4 is 11.6 Å². The molecule has 0 saturated carbocycles. The lowest BCUT2D eigenvalue weighted by atomic mass is 10.0. The standard InChI is InChI=1S/C14H22N2O/c1-5-11-8-6-7-10(4)13(11)16-14(17)12(15)9(2)3/h6-9,12H,5,15H2,1-4H3,(H,16,17)/t12-/m1/s1. The average molecular weight is 234 g/mol. The zero-order chi connectivity index (χ0) is 13.0. The highest BCUT2D eigenvalue weighted by Gasteiger charge is 2.18. The largest absolute Gasteiger partial charge is 0.324 e. The molecule has 0 spiro atoms. The van der Waals surface area contributed by atoms with Crippen LogP contribution >= 0.6 is 0 Å². The minimum Gasteiger partial charge on any atom is -0.324 e. The molecule has 0 bridgehead atoms. The molecule has 1 aromatic carbocycles. The predicted molar refractivity (Wildman–Crippen MR) is 72.0 cm³/mol. The Morgan fingerprint density at radius 3 is 2.59 bits per heavy atom. The highest BCUT2D eigenvalue weighted by Crippen LogP contribution is 2.21. The molecule has 0 aliphatic carbocycles. The van der Waals surface area contributed by atoms with Gasteiger partial charge in [-0.2, -0.15) is 0 Å². The van der Waals surface area contributed by atoms with E-state index in [9.17, 15) is 4.79 Å². The summed E-state index contributed by atoms with van der Waals surface area (Å²) in [6, 6.07) is 5.57. The quantitative estimate of drug-likeness (QED) is 0.841. The molecule has 0 aliphatic heterocycles. The van der Waals surface area contributed by atoms with Crippen LogP contribution in [0.5, 0.6) is 0 Å². The molecule has 0 aliphatic rings. The topological polar surface area (TPSA) is 55.1 Å². The van der Waals surface area contributed by atoms with Crippen LogP contribution < -0.4 is 11.1 Å². The number of nitrogens with two attached hydrogens (primary N) is 1. The monoisotopic (exact) mass is 234 g/mol. The molecule has 0 fully saturated rings. The molecule has 0 heterocycles. The Labute approximate surface area is 103 Å². The molecule has 1 rings (SSSR count). The van der Waals surface area contributed by atoms with Gasteiger partial charge in [-0.3, -0.25) is 4.79 Å². The van der Waals surface area contributed by atoms with Crippen LogP contribution in [0.25, 0.3) is 0 Å². The van der Waals surface area contributed by atoms with Gasteiger partial charge in [0, 0.05) is 5.69 Å². The smallest absolute Gasteiger partial charge is 0.241 e. The maximum Gasteiger partial charge on any atom is 0.241 e. The fourth-order valence-electron chi connectivity index (χ4n) is 1.71. The lowest BCUT2D eigenvalue weighted by Gasteiger charge is -2.18. The first-order valence-electron chi connectivity index (χ1n) is 6.12. The molecule has 3 nitrogen and oxygen atoms in total. The van der Waals surface area contributed by atoms with Crippen molar-refractivity contribution in [2.24, 2.45) is 11.7 Å². The number of nitrogens with one attached hydrogen (secondary N) is 1. The van der Waals surface area contributed by atoms with E-state index in [1.165, 1.54) is 0 Å². The van der Waals surface area contributed by atoms with Crippen molar-refractivity contribution in [2.45, 2.75) is 40.2 Å². The van der Waals surface area contributed by atoms with Gasteiger partial charge in [0.15, 0.2) is 0 Å². The summed E-state index contributed by atoms with van der Waals surface area (Å²) in [6.45, 7) is 7.97. The number of rotatable bonds is 4. The summed E-state index contributed by atoms with van der Waals surface area (Å²) in [4.78, 5) is 11.9. The Bertz CT molecular complexity index is 399. The molecule has 1 aromatic rings. The van der Waals surface area contributed by atoms with Gasteiger partial charge in [0.25, 0.3) is 0 Å². The van der Waals surface area contributed by atoms with Crippen molar-refractivity contribution < 1.29 is 4.79 Å². The van der Waals surface area contributed by atoms with E-state index in [0.717, 1.165) is 23.2 Å². The van der Waals surface area contributed by atoms with Crippen LogP contribution in [0, 0.1) is 12.8 Å². The van der Waals surface area contributed by atoms with Crippen molar-refractivity contribution in [3.8, 4) is 0 Å². The van der Waals surface area contributed by atoms with Crippen molar-refractivity contribution in [1.29, 1.82) is 0 Å². The molecule has 3 N–H and O–H groups in total. The van der Waals surface area contributed by atoms with Crippen LogP contribution in [-0.2, 0) is 11.2 Å². The van der Waals surface area contributed by atoms with E-state index in [1.807, 2.05) is 39.0 Å². The van der Waals surface area contributed by atoms with E-state index < -0.39 is 6.04 Å². The number of carbonyl (C=O) groups excluding carboxylic acids is 1. The predicted octanol–water partition coefficient (Wildman–Crippen LogP) is 2.48. The zero-order valence-corrected chi connectivity index (χ0v) is 11.1. The number of amides is 1. The Balaban J connectivity index is 2.91. The molecule has 1 amide bonds. The van der Waals surface area contributed by atoms with Gasteiger partial charge in [-0.1, -0.05) is 39.0 Å². The van der Waals surface area contributed by atoms with Gasteiger partial charge in [0.1, 0.15) is 0 Å². The lowest BCUT2D eigenvalue weighted by Crippen LogP contribution is -2.40. The van der Waals surface area contributed by atoms with E-state index in [1.54, 1.807) is 0 Å². The summed E-state index contributed by atoms with van der Waals surface area (Å²) in [7, 11) is 0. The average Bonchev–Trinajstić information content (AvgIpc) is 2.30. The van der Waals surface area contributed by atoms with E-state index in [-0.39, 0.29) is 11.8 Å². The summed E-state index contributed by atoms with van der Waals surface area (Å²) in [5, 5.41) is 2.95. The summed E-state index contributed by atoms with van der Waals surface area (Å²) in [5.74, 6) is 0.0353. The van der Waals surface area contributed by atoms with Gasteiger partial charge in [-0.15, -0.1) is 0 Å². The molecule has 94 valence electrons. The number of hydrogen-bond donors (Lipinski definition) is 2. The van der Waals surface area contributed by atoms with Gasteiger partial charge >= 0.3 is 0 Å². The molecule has 1 atom stereocenters. The third-order valence-corrected chi connectivity index (χ3v) is 3.01. The normalized spacial score (nSPS) is 12.6. The van der Waals surface area contributed by atoms with Crippen molar-refractivity contribution in [2.75, 3.05) is 5.32 Å². The van der Waals surface area contributed by atoms with Crippen LogP contribution in [0.2, 0.25) is 0 Å². The number of aryl methyl sites for hydroxylation is 2. The Morgan fingerprint density at radius 2 is 2.06 bits per heavy atom. The summed E-state index contributed by atoms with van der Waals surface area (Å²) >= 11 is 0. The second kappa shape index (κ2) is 5.82. The van der Waals surface area contributed by atoms with Crippen LogP contribution in [0.1, 0.15) is 31.9 Å². The molecular weight excluding hydrogens is 212 g/mol. The number of hydrogen-bond acceptors (Lipinski definition) is 2. The minimum absolute atomic E-state index is 0.107. The van der Waals surface area contributed by atoms with Crippen LogP contribution in [0.15, 0.2) is 18.2 Å². The van der Waals surface area contributed by atoms with Crippen LogP contribution in [0.3, 0.4) is 0 Å². The summed E-state index contributed by atoms with van der Waals surface area (Å²) in [6.07, 6.45) is 0.897. The SMILES string of the molecule is CCc1cccc(C)c1NC(=O)[C@H](N)C(C)C. The number of para-hydroxylation sites is 1. The number of carbonyl (C=O) groups is 1. The van der Waals surface area contributed by atoms with Crippen LogP contribution in [-0.4, -0.2) is 11.9 Å². The Morgan fingerprint density at radius 1 is 1.41 bits per heavy atom. The molecule has 0 unspecified atom stereocenters. The first-order valence-corrected chi connectivity index (χ1v) is 6.12. The van der Waals surface area contributed by atoms with Crippen molar-refractivity contribution in [3.05, 3.63) is 29.3 Å². The summed E-state index contributed by atoms with van der Waals surface area (Å²) in [5.41, 5.74) is 8.98. The Hall–Kier alpha value is -1.35. The minimum atomic E-state index is -0.459. The van der Waals surface area contributed by atoms with Gasteiger partial charge in [-0.05, 0) is 30.4 Å². The molecule has 0 radical (unpaired) electrons. The van der Waals surface area contributed by atoms with Gasteiger partial charge in [0.2, 0.25) is 5.91 Å². The zero-order valence-electron chi connectivity index (χ0n) is 11.1. The highest BCUT2D eigenvalue weighted by molar-refractivity contribution is 5.96. The fraction of sp³-hybridized carbons (Fsp3) is 0.500. The van der Waals surface area contributed by atoms with E-state index >= 15 is 0 Å². The maximum absolute atomic E-state index is 11.9. The van der Waals surface area contributed by atoms with Crippen LogP contribution in [0.4, 0.5) is 5.69 Å². The number of benzene rings is 1. The molecule has 17 heavy (non-hydrogen) atoms. The van der Waals surface area contributed by atoms with Crippen molar-refractivity contribution in [1.82, 2.24) is 0 Å². The summed E-state index contributed by atoms with van der Waals surface area (Å²) < 4.78 is 0. The Kier molecular flexibility index (Phi) is 4.70. The van der Waals surface area contributed by atoms with Gasteiger partial charge in [0.05, 0.1) is 6.04 Å².